The Morgan fingerprint density at radius 2 is 2.08 bits per heavy atom. The van der Waals surface area contributed by atoms with Gasteiger partial charge in [0.1, 0.15) is 0 Å². The van der Waals surface area contributed by atoms with E-state index in [0.717, 1.165) is 16.0 Å². The molecule has 0 atom stereocenters. The Balaban J connectivity index is 2.80. The molecule has 126 valence electrons. The number of aryl methyl sites for hydroxylation is 1. The van der Waals surface area contributed by atoms with Crippen LogP contribution in [-0.2, 0) is 20.7 Å². The van der Waals surface area contributed by atoms with Crippen LogP contribution >= 0.6 is 0 Å². The first kappa shape index (κ1) is 18.9. The number of nitrogens with zero attached hydrogens (tertiary/aromatic N) is 3. The lowest BCUT2D eigenvalue weighted by Crippen LogP contribution is -2.34. The average Bonchev–Trinajstić information content (AvgIpc) is 2.59. The van der Waals surface area contributed by atoms with E-state index in [4.69, 9.17) is 10.1 Å². The highest BCUT2D eigenvalue weighted by atomic mass is 16.6. The Morgan fingerprint density at radius 3 is 2.67 bits per heavy atom. The Morgan fingerprint density at radius 1 is 1.42 bits per heavy atom. The summed E-state index contributed by atoms with van der Waals surface area (Å²) in [6.07, 6.45) is 2.19. The van der Waals surface area contributed by atoms with Crippen LogP contribution in [0.1, 0.15) is 24.5 Å². The maximum atomic E-state index is 12.2. The predicted molar refractivity (Wildman–Crippen MR) is 89.0 cm³/mol. The number of aliphatic hydroxyl groups is 1. The topological polar surface area (TPSA) is 95.0 Å². The second-order valence-corrected chi connectivity index (χ2v) is 4.85. The zero-order chi connectivity index (χ0) is 18.1. The molecule has 0 radical (unpaired) electrons. The van der Waals surface area contributed by atoms with Gasteiger partial charge < -0.3 is 9.84 Å². The molecule has 2 amide bonds. The Bertz CT molecular complexity index is 704. The number of diazo groups is 1. The third kappa shape index (κ3) is 4.68. The number of hydrogen-bond donors (Lipinski definition) is 1. The first-order chi connectivity index (χ1) is 11.5. The zero-order valence-electron chi connectivity index (χ0n) is 13.7. The van der Waals surface area contributed by atoms with E-state index >= 15 is 0 Å². The quantitative estimate of drug-likeness (QED) is 0.471. The van der Waals surface area contributed by atoms with Crippen molar-refractivity contribution in [3.63, 3.8) is 0 Å². The second-order valence-electron chi connectivity index (χ2n) is 4.85. The molecule has 0 saturated heterocycles. The predicted octanol–water partition coefficient (Wildman–Crippen LogP) is 2.86. The Labute approximate surface area is 140 Å². The van der Waals surface area contributed by atoms with Crippen LogP contribution in [0.2, 0.25) is 0 Å². The molecule has 7 nitrogen and oxygen atoms in total. The highest BCUT2D eigenvalue weighted by molar-refractivity contribution is 6.05. The molecular weight excluding hydrogens is 310 g/mol. The van der Waals surface area contributed by atoms with Crippen molar-refractivity contribution in [2.75, 3.05) is 13.7 Å². The van der Waals surface area contributed by atoms with E-state index in [9.17, 15) is 14.7 Å². The number of aliphatic hydroxyl groups excluding tert-OH is 1. The van der Waals surface area contributed by atoms with E-state index < -0.39 is 23.5 Å². The first-order valence-electron chi connectivity index (χ1n) is 7.38. The average molecular weight is 330 g/mol. The molecule has 0 bridgehead atoms. The molecule has 1 rings (SSSR count). The summed E-state index contributed by atoms with van der Waals surface area (Å²) >= 11 is 0. The van der Waals surface area contributed by atoms with Gasteiger partial charge >= 0.3 is 17.5 Å². The summed E-state index contributed by atoms with van der Waals surface area (Å²) in [4.78, 5) is 27.8. The van der Waals surface area contributed by atoms with Crippen molar-refractivity contribution in [2.24, 2.45) is 0 Å². The summed E-state index contributed by atoms with van der Waals surface area (Å²) in [6, 6.07) is 7.48. The fourth-order valence-electron chi connectivity index (χ4n) is 2.02. The second kappa shape index (κ2) is 9.10. The third-order valence-electron chi connectivity index (χ3n) is 3.35. The smallest absolute Gasteiger partial charge is 0.475 e. The summed E-state index contributed by atoms with van der Waals surface area (Å²) in [7, 11) is 1.24. The molecule has 24 heavy (non-hydrogen) atoms. The molecule has 0 saturated carbocycles. The molecule has 0 heterocycles. The molecule has 0 aromatic heterocycles. The molecule has 1 N–H and O–H groups in total. The van der Waals surface area contributed by atoms with Crippen LogP contribution in [0.5, 0.6) is 0 Å². The number of ether oxygens (including phenoxy) is 1. The number of benzene rings is 1. The fraction of sp³-hybridized carbons (Fsp3) is 0.294. The number of amides is 2. The molecule has 0 aliphatic heterocycles. The van der Waals surface area contributed by atoms with E-state index in [0.29, 0.717) is 6.42 Å². The molecular formula is C17H20N3O4+. The van der Waals surface area contributed by atoms with E-state index in [1.165, 1.54) is 7.05 Å². The van der Waals surface area contributed by atoms with Crippen LogP contribution in [0.15, 0.2) is 42.5 Å². The summed E-state index contributed by atoms with van der Waals surface area (Å²) in [5.74, 6) is -2.27. The molecule has 0 fully saturated rings. The van der Waals surface area contributed by atoms with Gasteiger partial charge in [-0.05, 0) is 24.5 Å². The Kier molecular flexibility index (Phi) is 7.17. The number of likely N-dealkylation sites (N-methyl/N-ethyl adjacent to an activating group) is 1. The minimum atomic E-state index is -0.953. The van der Waals surface area contributed by atoms with Crippen LogP contribution in [0, 0.1) is 5.39 Å². The molecule has 1 aromatic rings. The van der Waals surface area contributed by atoms with E-state index in [-0.39, 0.29) is 13.0 Å². The lowest BCUT2D eigenvalue weighted by molar-refractivity contribution is -0.140. The van der Waals surface area contributed by atoms with Crippen molar-refractivity contribution in [2.45, 2.75) is 19.8 Å². The zero-order valence-corrected chi connectivity index (χ0v) is 13.7. The largest absolute Gasteiger partial charge is 0.527 e. The monoisotopic (exact) mass is 330 g/mol. The van der Waals surface area contributed by atoms with E-state index in [1.807, 2.05) is 24.3 Å². The lowest BCUT2D eigenvalue weighted by Gasteiger charge is -2.12. The van der Waals surface area contributed by atoms with Gasteiger partial charge in [-0.2, -0.15) is 0 Å². The number of imide groups is 1. The molecule has 0 aliphatic rings. The van der Waals surface area contributed by atoms with Gasteiger partial charge in [-0.1, -0.05) is 36.9 Å². The fourth-order valence-corrected chi connectivity index (χ4v) is 2.02. The standard InChI is InChI=1S/C17H19N3O4/c1-4-12-8-6-7-9-13(12)10-11-14(21)20(3)16(22)15(19-18)17(23)24-5-2/h4,6-9H,1,5,10-11H2,2-3H3/p+1. The maximum absolute atomic E-state index is 12.2. The van der Waals surface area contributed by atoms with Crippen molar-refractivity contribution in [1.29, 1.82) is 5.39 Å². The summed E-state index contributed by atoms with van der Waals surface area (Å²) < 4.78 is 4.72. The van der Waals surface area contributed by atoms with Gasteiger partial charge in [-0.25, -0.2) is 0 Å². The van der Waals surface area contributed by atoms with Crippen molar-refractivity contribution >= 4 is 17.9 Å². The molecule has 1 aromatic carbocycles. The van der Waals surface area contributed by atoms with Gasteiger partial charge in [-0.15, -0.1) is 0 Å². The summed E-state index contributed by atoms with van der Waals surface area (Å²) in [6.45, 7) is 5.38. The van der Waals surface area contributed by atoms with Crippen molar-refractivity contribution < 1.29 is 19.4 Å². The van der Waals surface area contributed by atoms with Crippen LogP contribution in [-0.4, -0.2) is 35.5 Å². The molecule has 7 heteroatoms. The van der Waals surface area contributed by atoms with Crippen LogP contribution in [0.25, 0.3) is 11.1 Å². The van der Waals surface area contributed by atoms with Gasteiger partial charge in [0.15, 0.2) is 4.98 Å². The SMILES string of the molecule is C=Cc1ccccc1CCC(=O)N(C)C(=O)/C([N+]#N)=C(\O)OCC. The minimum absolute atomic E-state index is 0.0706. The molecule has 0 spiro atoms. The third-order valence-corrected chi connectivity index (χ3v) is 3.35. The van der Waals surface area contributed by atoms with Gasteiger partial charge in [-0.3, -0.25) is 14.5 Å². The van der Waals surface area contributed by atoms with Crippen molar-refractivity contribution in [3.05, 3.63) is 58.6 Å². The summed E-state index contributed by atoms with van der Waals surface area (Å²) in [5, 5.41) is 18.4. The number of rotatable bonds is 7. The van der Waals surface area contributed by atoms with Crippen LogP contribution < -0.4 is 0 Å². The van der Waals surface area contributed by atoms with E-state index in [2.05, 4.69) is 11.6 Å². The van der Waals surface area contributed by atoms with Gasteiger partial charge in [0.2, 0.25) is 11.3 Å². The van der Waals surface area contributed by atoms with Gasteiger partial charge in [0, 0.05) is 13.5 Å². The normalized spacial score (nSPS) is 11.0. The minimum Gasteiger partial charge on any atom is -0.475 e. The van der Waals surface area contributed by atoms with Crippen molar-refractivity contribution in [3.8, 4) is 0 Å². The summed E-state index contributed by atoms with van der Waals surface area (Å²) in [5.41, 5.74) is 1.12. The van der Waals surface area contributed by atoms with Crippen LogP contribution in [0.3, 0.4) is 0 Å². The number of carbonyl (C=O) groups excluding carboxylic acids is 2. The number of hydrogen-bond acceptors (Lipinski definition) is 5. The molecule has 0 unspecified atom stereocenters. The van der Waals surface area contributed by atoms with Crippen LogP contribution in [0.4, 0.5) is 0 Å². The van der Waals surface area contributed by atoms with Gasteiger partial charge in [0.05, 0.1) is 6.61 Å². The maximum Gasteiger partial charge on any atom is 0.527 e. The first-order valence-corrected chi connectivity index (χ1v) is 7.38. The highest BCUT2D eigenvalue weighted by Gasteiger charge is 2.36. The Hall–Kier alpha value is -3.14. The number of carbonyl (C=O) groups is 2. The van der Waals surface area contributed by atoms with Crippen molar-refractivity contribution in [1.82, 2.24) is 4.90 Å². The lowest BCUT2D eigenvalue weighted by atomic mass is 10.0. The highest BCUT2D eigenvalue weighted by Crippen LogP contribution is 2.14. The van der Waals surface area contributed by atoms with Gasteiger partial charge in [0.25, 0.3) is 0 Å². The molecule has 0 aliphatic carbocycles. The van der Waals surface area contributed by atoms with E-state index in [1.54, 1.807) is 13.0 Å².